The summed E-state index contributed by atoms with van der Waals surface area (Å²) in [6.07, 6.45) is 0.307. The number of nitrogens with zero attached hydrogens (tertiary/aromatic N) is 1. The van der Waals surface area contributed by atoms with Gasteiger partial charge in [-0.3, -0.25) is 4.79 Å². The van der Waals surface area contributed by atoms with Crippen LogP contribution in [0, 0.1) is 24.1 Å². The van der Waals surface area contributed by atoms with Gasteiger partial charge in [-0.25, -0.2) is 14.0 Å². The highest BCUT2D eigenvalue weighted by Crippen LogP contribution is 2.24. The zero-order chi connectivity index (χ0) is 27.9. The Morgan fingerprint density at radius 2 is 1.97 bits per heavy atom. The van der Waals surface area contributed by atoms with Crippen LogP contribution >= 0.6 is 0 Å². The van der Waals surface area contributed by atoms with Crippen molar-refractivity contribution in [3.8, 4) is 6.07 Å². The van der Waals surface area contributed by atoms with Crippen LogP contribution < -0.4 is 10.6 Å². The number of halogens is 1. The Labute approximate surface area is 224 Å². The Kier molecular flexibility index (Phi) is 8.53. The lowest BCUT2D eigenvalue weighted by Gasteiger charge is -2.22. The molecule has 0 bridgehead atoms. The van der Waals surface area contributed by atoms with Gasteiger partial charge in [-0.2, -0.15) is 5.26 Å². The summed E-state index contributed by atoms with van der Waals surface area (Å²) in [5, 5.41) is 24.5. The van der Waals surface area contributed by atoms with Gasteiger partial charge in [-0.15, -0.1) is 0 Å². The Morgan fingerprint density at radius 1 is 1.15 bits per heavy atom. The number of aromatic carboxylic acids is 1. The number of rotatable bonds is 11. The van der Waals surface area contributed by atoms with E-state index < -0.39 is 41.3 Å². The molecule has 0 radical (unpaired) electrons. The van der Waals surface area contributed by atoms with Crippen LogP contribution in [0.4, 0.5) is 10.1 Å². The molecule has 1 heterocycles. The van der Waals surface area contributed by atoms with Crippen molar-refractivity contribution in [2.24, 2.45) is 0 Å². The zero-order valence-corrected chi connectivity index (χ0v) is 21.1. The second-order valence-corrected chi connectivity index (χ2v) is 9.16. The minimum absolute atomic E-state index is 0.0786. The number of nitriles is 1. The first-order valence-corrected chi connectivity index (χ1v) is 12.1. The number of benzene rings is 3. The number of cyclic esters (lactones) is 1. The van der Waals surface area contributed by atoms with Gasteiger partial charge in [-0.1, -0.05) is 42.0 Å². The lowest BCUT2D eigenvalue weighted by molar-refractivity contribution is -0.122. The lowest BCUT2D eigenvalue weighted by atomic mass is 10.0. The van der Waals surface area contributed by atoms with Crippen molar-refractivity contribution >= 4 is 23.5 Å². The third kappa shape index (κ3) is 6.97. The normalized spacial score (nSPS) is 13.5. The second-order valence-electron chi connectivity index (χ2n) is 9.16. The number of aryl methyl sites for hydroxylation is 1. The molecule has 0 aliphatic carbocycles. The molecule has 1 aliphatic heterocycles. The van der Waals surface area contributed by atoms with Gasteiger partial charge in [0, 0.05) is 17.7 Å². The van der Waals surface area contributed by atoms with Crippen LogP contribution in [0.25, 0.3) is 0 Å². The van der Waals surface area contributed by atoms with Gasteiger partial charge in [0.2, 0.25) is 5.91 Å². The minimum atomic E-state index is -1.40. The summed E-state index contributed by atoms with van der Waals surface area (Å²) >= 11 is 0. The number of amides is 1. The van der Waals surface area contributed by atoms with Gasteiger partial charge in [0.25, 0.3) is 0 Å². The van der Waals surface area contributed by atoms with Gasteiger partial charge >= 0.3 is 11.9 Å². The first-order chi connectivity index (χ1) is 18.7. The second kappa shape index (κ2) is 12.2. The Balaban J connectivity index is 1.44. The number of hydrogen-bond acceptors (Lipinski definition) is 7. The molecule has 0 unspecified atom stereocenters. The number of carbonyl (C=O) groups excluding carboxylic acids is 2. The largest absolute Gasteiger partial charge is 0.478 e. The first kappa shape index (κ1) is 27.3. The van der Waals surface area contributed by atoms with Crippen molar-refractivity contribution in [2.45, 2.75) is 38.6 Å². The summed E-state index contributed by atoms with van der Waals surface area (Å²) in [7, 11) is 0. The molecule has 200 valence electrons. The molecule has 3 aromatic rings. The molecule has 39 heavy (non-hydrogen) atoms. The summed E-state index contributed by atoms with van der Waals surface area (Å²) in [5.74, 6) is -3.14. The van der Waals surface area contributed by atoms with Crippen LogP contribution in [0.3, 0.4) is 0 Å². The molecule has 3 aromatic carbocycles. The van der Waals surface area contributed by atoms with Gasteiger partial charge < -0.3 is 25.2 Å². The number of hydrogen-bond donors (Lipinski definition) is 3. The van der Waals surface area contributed by atoms with Crippen LogP contribution in [0.2, 0.25) is 0 Å². The molecule has 9 nitrogen and oxygen atoms in total. The molecule has 1 amide bonds. The molecule has 4 rings (SSSR count). The van der Waals surface area contributed by atoms with E-state index in [-0.39, 0.29) is 19.8 Å². The number of fused-ring (bicyclic) bond motifs is 1. The topological polar surface area (TPSA) is 138 Å². The highest BCUT2D eigenvalue weighted by molar-refractivity contribution is 5.95. The smallest absolute Gasteiger partial charge is 0.338 e. The van der Waals surface area contributed by atoms with Crippen molar-refractivity contribution in [3.63, 3.8) is 0 Å². The van der Waals surface area contributed by atoms with E-state index in [2.05, 4.69) is 10.6 Å². The Morgan fingerprint density at radius 3 is 2.72 bits per heavy atom. The average Bonchev–Trinajstić information content (AvgIpc) is 3.28. The maximum atomic E-state index is 13.6. The predicted octanol–water partition coefficient (Wildman–Crippen LogP) is 3.75. The summed E-state index contributed by atoms with van der Waals surface area (Å²) in [6, 6.07) is 16.6. The Bertz CT molecular complexity index is 1450. The van der Waals surface area contributed by atoms with Crippen LogP contribution in [-0.2, 0) is 33.9 Å². The molecule has 2 atom stereocenters. The Hall–Kier alpha value is -4.75. The fourth-order valence-electron chi connectivity index (χ4n) is 4.19. The number of esters is 1. The fraction of sp³-hybridized carbons (Fsp3) is 0.241. The van der Waals surface area contributed by atoms with Crippen LogP contribution in [0.1, 0.15) is 43.0 Å². The standard InChI is InChI=1S/C29H26FN3O6/c1-17-3-2-4-18(9-17)11-26(32-21-7-6-20-15-39-29(37)23(20)12-21)27(34)33-22(13-31)16-38-14-19-5-8-25(30)24(10-19)28(35)36/h2-10,12,22,26,32H,11,14-16H2,1H3,(H,33,34)(H,35,36)/t22-,26+/m1/s1. The molecular weight excluding hydrogens is 505 g/mol. The molecule has 3 N–H and O–H groups in total. The third-order valence-corrected chi connectivity index (χ3v) is 6.15. The highest BCUT2D eigenvalue weighted by Gasteiger charge is 2.25. The van der Waals surface area contributed by atoms with Crippen molar-refractivity contribution in [1.29, 1.82) is 5.26 Å². The van der Waals surface area contributed by atoms with E-state index in [1.54, 1.807) is 18.2 Å². The molecule has 0 saturated carbocycles. The van der Waals surface area contributed by atoms with E-state index in [9.17, 15) is 24.0 Å². The summed E-state index contributed by atoms with van der Waals surface area (Å²) in [6.45, 7) is 1.90. The van der Waals surface area contributed by atoms with Crippen molar-refractivity contribution in [2.75, 3.05) is 11.9 Å². The highest BCUT2D eigenvalue weighted by atomic mass is 19.1. The monoisotopic (exact) mass is 531 g/mol. The quantitative estimate of drug-likeness (QED) is 0.318. The van der Waals surface area contributed by atoms with Gasteiger partial charge in [0.15, 0.2) is 0 Å². The van der Waals surface area contributed by atoms with Crippen molar-refractivity contribution < 1.29 is 33.4 Å². The minimum Gasteiger partial charge on any atom is -0.478 e. The molecule has 0 saturated heterocycles. The van der Waals surface area contributed by atoms with Crippen LogP contribution in [0.15, 0.2) is 60.7 Å². The average molecular weight is 532 g/mol. The lowest BCUT2D eigenvalue weighted by Crippen LogP contribution is -2.46. The number of anilines is 1. The summed E-state index contributed by atoms with van der Waals surface area (Å²) in [4.78, 5) is 36.4. The first-order valence-electron chi connectivity index (χ1n) is 12.1. The van der Waals surface area contributed by atoms with Gasteiger partial charge in [-0.05, 0) is 42.3 Å². The number of nitrogens with one attached hydrogen (secondary N) is 2. The van der Waals surface area contributed by atoms with Gasteiger partial charge in [0.1, 0.15) is 24.5 Å². The van der Waals surface area contributed by atoms with Gasteiger partial charge in [0.05, 0.1) is 30.4 Å². The van der Waals surface area contributed by atoms with E-state index in [4.69, 9.17) is 14.6 Å². The number of carbonyl (C=O) groups is 3. The molecular formula is C29H26FN3O6. The summed E-state index contributed by atoms with van der Waals surface area (Å²) < 4.78 is 24.2. The maximum Gasteiger partial charge on any atom is 0.338 e. The SMILES string of the molecule is Cc1cccc(C[C@H](Nc2ccc3c(c2)C(=O)OC3)C(=O)N[C@H](C#N)COCc2ccc(F)c(C(=O)O)c2)c1. The van der Waals surface area contributed by atoms with E-state index in [0.29, 0.717) is 23.2 Å². The molecule has 0 fully saturated rings. The predicted molar refractivity (Wildman–Crippen MR) is 138 cm³/mol. The van der Waals surface area contributed by atoms with E-state index in [1.807, 2.05) is 37.3 Å². The zero-order valence-electron chi connectivity index (χ0n) is 21.1. The molecule has 0 spiro atoms. The third-order valence-electron chi connectivity index (χ3n) is 6.15. The molecule has 0 aromatic heterocycles. The maximum absolute atomic E-state index is 13.6. The van der Waals surface area contributed by atoms with E-state index >= 15 is 0 Å². The number of ether oxygens (including phenoxy) is 2. The van der Waals surface area contributed by atoms with Crippen LogP contribution in [-0.4, -0.2) is 41.6 Å². The van der Waals surface area contributed by atoms with E-state index in [0.717, 1.165) is 28.8 Å². The number of carboxylic acids is 1. The van der Waals surface area contributed by atoms with Crippen molar-refractivity contribution in [1.82, 2.24) is 5.32 Å². The van der Waals surface area contributed by atoms with Crippen molar-refractivity contribution in [3.05, 3.63) is 99.9 Å². The molecule has 1 aliphatic rings. The fourth-order valence-corrected chi connectivity index (χ4v) is 4.19. The summed E-state index contributed by atoms with van der Waals surface area (Å²) in [5.41, 5.74) is 3.61. The van der Waals surface area contributed by atoms with Crippen LogP contribution in [0.5, 0.6) is 0 Å². The molecule has 10 heteroatoms. The number of carboxylic acid groups (broad SMARTS) is 1. The van der Waals surface area contributed by atoms with E-state index in [1.165, 1.54) is 6.07 Å².